The van der Waals surface area contributed by atoms with E-state index in [-0.39, 0.29) is 12.2 Å². The van der Waals surface area contributed by atoms with E-state index in [1.165, 1.54) is 7.11 Å². The van der Waals surface area contributed by atoms with Gasteiger partial charge in [-0.05, 0) is 70.8 Å². The molecule has 1 amide bonds. The van der Waals surface area contributed by atoms with Crippen molar-refractivity contribution in [1.82, 2.24) is 5.32 Å². The van der Waals surface area contributed by atoms with Crippen molar-refractivity contribution in [2.45, 2.75) is 19.1 Å². The molecule has 1 N–H and O–H groups in total. The third-order valence-corrected chi connectivity index (χ3v) is 6.90. The summed E-state index contributed by atoms with van der Waals surface area (Å²) in [5.74, 6) is -0.291. The van der Waals surface area contributed by atoms with Gasteiger partial charge in [-0.1, -0.05) is 71.7 Å². The van der Waals surface area contributed by atoms with Crippen LogP contribution < -0.4 is 10.1 Å². The summed E-state index contributed by atoms with van der Waals surface area (Å²) >= 11 is 11.9. The van der Waals surface area contributed by atoms with Crippen molar-refractivity contribution >= 4 is 46.0 Å². The zero-order valence-corrected chi connectivity index (χ0v) is 23.0. The van der Waals surface area contributed by atoms with E-state index in [2.05, 4.69) is 5.32 Å². The Morgan fingerprint density at radius 1 is 0.800 bits per heavy atom. The molecule has 6 nitrogen and oxygen atoms in total. The summed E-state index contributed by atoms with van der Waals surface area (Å²) in [4.78, 5) is 25.6. The predicted molar refractivity (Wildman–Crippen MR) is 156 cm³/mol. The highest BCUT2D eigenvalue weighted by atomic mass is 35.5. The number of carbonyl (C=O) groups is 2. The highest BCUT2D eigenvalue weighted by Gasteiger charge is 2.24. The fraction of sp³-hybridized carbons (Fsp3) is 0.125. The van der Waals surface area contributed by atoms with E-state index < -0.39 is 17.9 Å². The van der Waals surface area contributed by atoms with Crippen molar-refractivity contribution in [2.24, 2.45) is 0 Å². The van der Waals surface area contributed by atoms with Gasteiger partial charge in [0.15, 0.2) is 5.76 Å². The van der Waals surface area contributed by atoms with Crippen LogP contribution in [0.4, 0.5) is 0 Å². The van der Waals surface area contributed by atoms with Crippen LogP contribution in [-0.2, 0) is 22.6 Å². The van der Waals surface area contributed by atoms with Gasteiger partial charge in [0, 0.05) is 21.9 Å². The fourth-order valence-electron chi connectivity index (χ4n) is 4.23. The summed E-state index contributed by atoms with van der Waals surface area (Å²) in [6.45, 7) is 0.399. The number of hydrogen-bond donors (Lipinski definition) is 1. The Hall–Kier alpha value is -4.26. The number of halogens is 2. The average molecular weight is 574 g/mol. The molecule has 0 aliphatic heterocycles. The Balaban J connectivity index is 1.25. The number of nitrogens with one attached hydrogen (secondary N) is 1. The van der Waals surface area contributed by atoms with Crippen LogP contribution in [0.3, 0.4) is 0 Å². The summed E-state index contributed by atoms with van der Waals surface area (Å²) in [6.07, 6.45) is 0.233. The van der Waals surface area contributed by atoms with E-state index in [0.717, 1.165) is 27.6 Å². The lowest BCUT2D eigenvalue weighted by atomic mass is 10.0. The van der Waals surface area contributed by atoms with Crippen LogP contribution in [0.25, 0.3) is 22.1 Å². The summed E-state index contributed by atoms with van der Waals surface area (Å²) in [5.41, 5.74) is 4.28. The van der Waals surface area contributed by atoms with Crippen molar-refractivity contribution in [2.75, 3.05) is 7.11 Å². The van der Waals surface area contributed by atoms with Crippen LogP contribution in [0.5, 0.6) is 5.75 Å². The topological polar surface area (TPSA) is 77.8 Å². The summed E-state index contributed by atoms with van der Waals surface area (Å²) < 4.78 is 16.6. The molecule has 0 saturated carbocycles. The number of furan rings is 1. The molecule has 0 spiro atoms. The highest BCUT2D eigenvalue weighted by Crippen LogP contribution is 2.28. The van der Waals surface area contributed by atoms with E-state index in [0.29, 0.717) is 28.0 Å². The number of esters is 1. The van der Waals surface area contributed by atoms with Crippen LogP contribution in [0.2, 0.25) is 10.0 Å². The molecule has 40 heavy (non-hydrogen) atoms. The molecule has 0 aliphatic carbocycles. The van der Waals surface area contributed by atoms with Gasteiger partial charge in [-0.15, -0.1) is 0 Å². The predicted octanol–water partition coefficient (Wildman–Crippen LogP) is 7.50. The maximum atomic E-state index is 13.1. The Labute approximate surface area is 241 Å². The number of fused-ring (bicyclic) bond motifs is 1. The summed E-state index contributed by atoms with van der Waals surface area (Å²) in [6, 6.07) is 28.7. The quantitative estimate of drug-likeness (QED) is 0.185. The number of rotatable bonds is 9. The van der Waals surface area contributed by atoms with Gasteiger partial charge in [0.1, 0.15) is 24.0 Å². The van der Waals surface area contributed by atoms with Crippen molar-refractivity contribution in [3.05, 3.63) is 124 Å². The Morgan fingerprint density at radius 2 is 1.43 bits per heavy atom. The third-order valence-electron chi connectivity index (χ3n) is 6.39. The fourth-order valence-corrected chi connectivity index (χ4v) is 4.49. The molecule has 0 saturated heterocycles. The van der Waals surface area contributed by atoms with Gasteiger partial charge < -0.3 is 19.2 Å². The molecule has 0 radical (unpaired) electrons. The molecule has 8 heteroatoms. The van der Waals surface area contributed by atoms with E-state index in [1.807, 2.05) is 91.0 Å². The largest absolute Gasteiger partial charge is 0.489 e. The number of benzene rings is 4. The minimum absolute atomic E-state index is 0.100. The van der Waals surface area contributed by atoms with E-state index in [4.69, 9.17) is 37.1 Å². The summed E-state index contributed by atoms with van der Waals surface area (Å²) in [7, 11) is 1.29. The first-order valence-electron chi connectivity index (χ1n) is 12.5. The maximum Gasteiger partial charge on any atom is 0.328 e. The van der Waals surface area contributed by atoms with Crippen LogP contribution in [0.15, 0.2) is 101 Å². The zero-order chi connectivity index (χ0) is 28.1. The average Bonchev–Trinajstić information content (AvgIpc) is 3.41. The molecule has 202 valence electrons. The number of amides is 1. The highest BCUT2D eigenvalue weighted by molar-refractivity contribution is 6.30. The first-order valence-corrected chi connectivity index (χ1v) is 13.3. The second-order valence-electron chi connectivity index (χ2n) is 9.18. The molecule has 1 heterocycles. The molecule has 0 aliphatic rings. The Kier molecular flexibility index (Phi) is 8.39. The minimum Gasteiger partial charge on any atom is -0.489 e. The molecule has 0 bridgehead atoms. The molecule has 1 unspecified atom stereocenters. The smallest absolute Gasteiger partial charge is 0.328 e. The molecular formula is C32H25Cl2NO5. The van der Waals surface area contributed by atoms with Gasteiger partial charge in [0.25, 0.3) is 5.91 Å². The first kappa shape index (κ1) is 27.3. The number of hydrogen-bond acceptors (Lipinski definition) is 5. The maximum absolute atomic E-state index is 13.1. The van der Waals surface area contributed by atoms with Gasteiger partial charge in [-0.25, -0.2) is 4.79 Å². The third kappa shape index (κ3) is 6.65. The van der Waals surface area contributed by atoms with Crippen molar-refractivity contribution < 1.29 is 23.5 Å². The van der Waals surface area contributed by atoms with Crippen LogP contribution in [0, 0.1) is 0 Å². The molecule has 1 atom stereocenters. The lowest BCUT2D eigenvalue weighted by Gasteiger charge is -2.16. The van der Waals surface area contributed by atoms with E-state index >= 15 is 0 Å². The monoisotopic (exact) mass is 573 g/mol. The van der Waals surface area contributed by atoms with E-state index in [1.54, 1.807) is 6.07 Å². The molecule has 4 aromatic carbocycles. The lowest BCUT2D eigenvalue weighted by molar-refractivity contribution is -0.142. The van der Waals surface area contributed by atoms with Crippen LogP contribution in [0.1, 0.15) is 21.7 Å². The second kappa shape index (κ2) is 12.3. The number of carbonyl (C=O) groups excluding carboxylic acids is 2. The minimum atomic E-state index is -0.906. The van der Waals surface area contributed by atoms with Gasteiger partial charge in [-0.2, -0.15) is 0 Å². The second-order valence-corrected chi connectivity index (χ2v) is 10.1. The van der Waals surface area contributed by atoms with Gasteiger partial charge in [-0.3, -0.25) is 4.79 Å². The number of methoxy groups -OCH3 is 1. The van der Waals surface area contributed by atoms with Gasteiger partial charge in [0.2, 0.25) is 0 Å². The van der Waals surface area contributed by atoms with Gasteiger partial charge >= 0.3 is 5.97 Å². The first-order chi connectivity index (χ1) is 19.4. The van der Waals surface area contributed by atoms with Crippen molar-refractivity contribution in [1.29, 1.82) is 0 Å². The van der Waals surface area contributed by atoms with Crippen molar-refractivity contribution in [3.63, 3.8) is 0 Å². The standard InChI is InChI=1S/C32H25Cl2NO5/c1-38-32(37)28(16-20-4-14-27(15-5-20)39-19-21-2-10-25(33)11-3-21)35-31(36)30-18-24-7-6-23(17-29(24)40-30)22-8-12-26(34)13-9-22/h2-15,17-18,28H,16,19H2,1H3,(H,35,36). The molecule has 1 aromatic heterocycles. The van der Waals surface area contributed by atoms with Crippen LogP contribution in [-0.4, -0.2) is 25.0 Å². The molecule has 0 fully saturated rings. The zero-order valence-electron chi connectivity index (χ0n) is 21.5. The van der Waals surface area contributed by atoms with Crippen LogP contribution >= 0.6 is 23.2 Å². The SMILES string of the molecule is COC(=O)C(Cc1ccc(OCc2ccc(Cl)cc2)cc1)NC(=O)c1cc2ccc(-c3ccc(Cl)cc3)cc2o1. The van der Waals surface area contributed by atoms with Gasteiger partial charge in [0.05, 0.1) is 7.11 Å². The normalized spacial score (nSPS) is 11.7. The Bertz CT molecular complexity index is 1630. The van der Waals surface area contributed by atoms with E-state index in [9.17, 15) is 9.59 Å². The Morgan fingerprint density at radius 3 is 2.10 bits per heavy atom. The lowest BCUT2D eigenvalue weighted by Crippen LogP contribution is -2.42. The number of ether oxygens (including phenoxy) is 2. The molecular weight excluding hydrogens is 549 g/mol. The van der Waals surface area contributed by atoms with Crippen molar-refractivity contribution in [3.8, 4) is 16.9 Å². The molecule has 5 aromatic rings. The summed E-state index contributed by atoms with van der Waals surface area (Å²) in [5, 5.41) is 4.84. The molecule has 5 rings (SSSR count).